The molecule has 0 unspecified atom stereocenters. The Morgan fingerprint density at radius 1 is 1.19 bits per heavy atom. The molecule has 1 aromatic carbocycles. The van der Waals surface area contributed by atoms with Crippen molar-refractivity contribution in [2.75, 3.05) is 19.0 Å². The quantitative estimate of drug-likeness (QED) is 0.563. The second-order valence-electron chi connectivity index (χ2n) is 8.61. The lowest BCUT2D eigenvalue weighted by atomic mass is 9.87. The molecule has 9 heteroatoms. The van der Waals surface area contributed by atoms with Crippen LogP contribution in [0.5, 0.6) is 5.75 Å². The highest BCUT2D eigenvalue weighted by atomic mass is 16.5. The number of amides is 1. The summed E-state index contributed by atoms with van der Waals surface area (Å²) in [5.41, 5.74) is 4.08. The molecule has 9 nitrogen and oxygen atoms in total. The third kappa shape index (κ3) is 5.22. The average molecular weight is 440 g/mol. The molecule has 0 aliphatic carbocycles. The van der Waals surface area contributed by atoms with Crippen molar-refractivity contribution in [1.82, 2.24) is 19.6 Å². The van der Waals surface area contributed by atoms with Gasteiger partial charge in [0.2, 0.25) is 0 Å². The van der Waals surface area contributed by atoms with E-state index in [1.807, 2.05) is 32.0 Å². The van der Waals surface area contributed by atoms with Crippen LogP contribution in [0.1, 0.15) is 49.7 Å². The SMILES string of the molecule is COc1ccc(C(C)(C)C)cc1NC(=O)COC(=O)CCc1c(C)nc2ncnn2c1C. The van der Waals surface area contributed by atoms with E-state index in [4.69, 9.17) is 9.47 Å². The summed E-state index contributed by atoms with van der Waals surface area (Å²) < 4.78 is 12.1. The van der Waals surface area contributed by atoms with Gasteiger partial charge >= 0.3 is 5.97 Å². The number of esters is 1. The maximum atomic E-state index is 12.4. The first kappa shape index (κ1) is 23.2. The van der Waals surface area contributed by atoms with E-state index in [1.54, 1.807) is 4.52 Å². The number of ether oxygens (including phenoxy) is 2. The number of rotatable bonds is 7. The van der Waals surface area contributed by atoms with Crippen LogP contribution >= 0.6 is 0 Å². The highest BCUT2D eigenvalue weighted by Crippen LogP contribution is 2.31. The molecule has 170 valence electrons. The molecule has 0 radical (unpaired) electrons. The summed E-state index contributed by atoms with van der Waals surface area (Å²) in [6, 6.07) is 5.65. The molecule has 2 aromatic heterocycles. The highest BCUT2D eigenvalue weighted by molar-refractivity contribution is 5.94. The predicted molar refractivity (Wildman–Crippen MR) is 120 cm³/mol. The van der Waals surface area contributed by atoms with Crippen LogP contribution in [0.3, 0.4) is 0 Å². The number of anilines is 1. The van der Waals surface area contributed by atoms with E-state index in [0.717, 1.165) is 22.5 Å². The van der Waals surface area contributed by atoms with Crippen molar-refractivity contribution in [2.24, 2.45) is 0 Å². The molecule has 3 rings (SSSR count). The normalized spacial score (nSPS) is 11.4. The predicted octanol–water partition coefficient (Wildman–Crippen LogP) is 3.16. The van der Waals surface area contributed by atoms with Crippen LogP contribution in [0.15, 0.2) is 24.5 Å². The molecule has 0 spiro atoms. The van der Waals surface area contributed by atoms with Gasteiger partial charge in [-0.3, -0.25) is 9.59 Å². The van der Waals surface area contributed by atoms with Crippen molar-refractivity contribution < 1.29 is 19.1 Å². The monoisotopic (exact) mass is 439 g/mol. The first-order valence-corrected chi connectivity index (χ1v) is 10.4. The van der Waals surface area contributed by atoms with Gasteiger partial charge in [0.05, 0.1) is 12.8 Å². The number of hydrogen-bond acceptors (Lipinski definition) is 7. The molecule has 1 amide bonds. The van der Waals surface area contributed by atoms with E-state index in [-0.39, 0.29) is 18.4 Å². The maximum Gasteiger partial charge on any atom is 0.306 e. The summed E-state index contributed by atoms with van der Waals surface area (Å²) in [5.74, 6) is 0.169. The van der Waals surface area contributed by atoms with E-state index in [9.17, 15) is 9.59 Å². The lowest BCUT2D eigenvalue weighted by molar-refractivity contribution is -0.147. The highest BCUT2D eigenvalue weighted by Gasteiger charge is 2.18. The number of aryl methyl sites for hydroxylation is 2. The Labute approximate surface area is 187 Å². The van der Waals surface area contributed by atoms with Crippen molar-refractivity contribution in [3.05, 3.63) is 47.0 Å². The Morgan fingerprint density at radius 3 is 2.62 bits per heavy atom. The molecule has 0 aliphatic heterocycles. The number of carbonyl (C=O) groups is 2. The fraction of sp³-hybridized carbons (Fsp3) is 0.435. The number of carbonyl (C=O) groups excluding carboxylic acids is 2. The molecule has 32 heavy (non-hydrogen) atoms. The minimum Gasteiger partial charge on any atom is -0.495 e. The average Bonchev–Trinajstić information content (AvgIpc) is 3.20. The number of benzene rings is 1. The van der Waals surface area contributed by atoms with Gasteiger partial charge in [0.1, 0.15) is 12.1 Å². The van der Waals surface area contributed by atoms with Crippen LogP contribution in [0.25, 0.3) is 5.78 Å². The molecular weight excluding hydrogens is 410 g/mol. The molecular formula is C23H29N5O4. The van der Waals surface area contributed by atoms with Crippen LogP contribution < -0.4 is 10.1 Å². The summed E-state index contributed by atoms with van der Waals surface area (Å²) in [4.78, 5) is 33.1. The van der Waals surface area contributed by atoms with Gasteiger partial charge in [-0.1, -0.05) is 26.8 Å². The molecule has 3 aromatic rings. The van der Waals surface area contributed by atoms with Gasteiger partial charge in [-0.15, -0.1) is 0 Å². The van der Waals surface area contributed by atoms with E-state index in [2.05, 4.69) is 41.2 Å². The number of hydrogen-bond donors (Lipinski definition) is 1. The van der Waals surface area contributed by atoms with Crippen LogP contribution in [0.4, 0.5) is 5.69 Å². The minimum atomic E-state index is -0.465. The van der Waals surface area contributed by atoms with E-state index >= 15 is 0 Å². The van der Waals surface area contributed by atoms with Gasteiger partial charge in [0, 0.05) is 17.8 Å². The Balaban J connectivity index is 1.57. The van der Waals surface area contributed by atoms with E-state index in [0.29, 0.717) is 23.6 Å². The van der Waals surface area contributed by atoms with Crippen LogP contribution in [0.2, 0.25) is 0 Å². The van der Waals surface area contributed by atoms with Crippen molar-refractivity contribution in [1.29, 1.82) is 0 Å². The Kier molecular flexibility index (Phi) is 6.76. The maximum absolute atomic E-state index is 12.4. The summed E-state index contributed by atoms with van der Waals surface area (Å²) in [6.07, 6.45) is 2.00. The standard InChI is InChI=1S/C23H29N5O4/c1-14-17(15(2)28-22(26-14)24-13-25-28)8-10-21(30)32-12-20(29)27-18-11-16(23(3,4)5)7-9-19(18)31-6/h7,9,11,13H,8,10,12H2,1-6H3,(H,27,29). The number of nitrogens with one attached hydrogen (secondary N) is 1. The van der Waals surface area contributed by atoms with E-state index < -0.39 is 11.9 Å². The van der Waals surface area contributed by atoms with Crippen molar-refractivity contribution in [3.63, 3.8) is 0 Å². The summed E-state index contributed by atoms with van der Waals surface area (Å²) in [5, 5.41) is 6.91. The lowest BCUT2D eigenvalue weighted by Crippen LogP contribution is -2.22. The van der Waals surface area contributed by atoms with Gasteiger partial charge in [0.25, 0.3) is 11.7 Å². The molecule has 0 fully saturated rings. The largest absolute Gasteiger partial charge is 0.495 e. The Morgan fingerprint density at radius 2 is 1.94 bits per heavy atom. The number of aromatic nitrogens is 4. The van der Waals surface area contributed by atoms with Gasteiger partial charge < -0.3 is 14.8 Å². The second kappa shape index (κ2) is 9.33. The zero-order chi connectivity index (χ0) is 23.5. The molecule has 0 saturated carbocycles. The smallest absolute Gasteiger partial charge is 0.306 e. The molecule has 0 atom stereocenters. The summed E-state index contributed by atoms with van der Waals surface area (Å²) >= 11 is 0. The van der Waals surface area contributed by atoms with Crippen molar-refractivity contribution >= 4 is 23.3 Å². The molecule has 0 saturated heterocycles. The van der Waals surface area contributed by atoms with Crippen LogP contribution in [-0.4, -0.2) is 45.2 Å². The third-order valence-corrected chi connectivity index (χ3v) is 5.27. The summed E-state index contributed by atoms with van der Waals surface area (Å²) in [7, 11) is 1.54. The zero-order valence-electron chi connectivity index (χ0n) is 19.4. The third-order valence-electron chi connectivity index (χ3n) is 5.27. The molecule has 0 bridgehead atoms. The fourth-order valence-electron chi connectivity index (χ4n) is 3.42. The lowest BCUT2D eigenvalue weighted by Gasteiger charge is -2.21. The van der Waals surface area contributed by atoms with Gasteiger partial charge in [-0.05, 0) is 48.9 Å². The van der Waals surface area contributed by atoms with Crippen molar-refractivity contribution in [2.45, 2.75) is 52.9 Å². The van der Waals surface area contributed by atoms with Crippen molar-refractivity contribution in [3.8, 4) is 5.75 Å². The number of methoxy groups -OCH3 is 1. The number of nitrogens with zero attached hydrogens (tertiary/aromatic N) is 4. The first-order valence-electron chi connectivity index (χ1n) is 10.4. The fourth-order valence-corrected chi connectivity index (χ4v) is 3.42. The van der Waals surface area contributed by atoms with Crippen LogP contribution in [0, 0.1) is 13.8 Å². The second-order valence-corrected chi connectivity index (χ2v) is 8.61. The zero-order valence-corrected chi connectivity index (χ0v) is 19.4. The topological polar surface area (TPSA) is 108 Å². The Hall–Kier alpha value is -3.49. The summed E-state index contributed by atoms with van der Waals surface area (Å²) in [6.45, 7) is 9.66. The molecule has 0 aliphatic rings. The number of fused-ring (bicyclic) bond motifs is 1. The van der Waals surface area contributed by atoms with Crippen LogP contribution in [-0.2, 0) is 26.2 Å². The van der Waals surface area contributed by atoms with Gasteiger partial charge in [-0.25, -0.2) is 9.50 Å². The molecule has 2 heterocycles. The van der Waals surface area contributed by atoms with Gasteiger partial charge in [-0.2, -0.15) is 10.1 Å². The minimum absolute atomic E-state index is 0.0847. The Bertz CT molecular complexity index is 1150. The van der Waals surface area contributed by atoms with Gasteiger partial charge in [0.15, 0.2) is 6.61 Å². The van der Waals surface area contributed by atoms with E-state index in [1.165, 1.54) is 13.4 Å². The first-order chi connectivity index (χ1) is 15.1. The molecule has 1 N–H and O–H groups in total.